The van der Waals surface area contributed by atoms with Crippen LogP contribution in [0.25, 0.3) is 10.8 Å². The molecule has 0 fully saturated rings. The fraction of sp³-hybridized carbons (Fsp3) is 0.111. The summed E-state index contributed by atoms with van der Waals surface area (Å²) in [5.74, 6) is 0. The van der Waals surface area contributed by atoms with Gasteiger partial charge >= 0.3 is 0 Å². The van der Waals surface area contributed by atoms with Gasteiger partial charge in [0.2, 0.25) is 0 Å². The van der Waals surface area contributed by atoms with Gasteiger partial charge in [0, 0.05) is 29.7 Å². The molecule has 130 valence electrons. The molecule has 0 bridgehead atoms. The first-order chi connectivity index (χ1) is 12.6. The Morgan fingerprint density at radius 1 is 1.12 bits per heavy atom. The Balaban J connectivity index is 1.71. The molecule has 0 spiro atoms. The van der Waals surface area contributed by atoms with Crippen LogP contribution in [0.15, 0.2) is 75.8 Å². The summed E-state index contributed by atoms with van der Waals surface area (Å²) in [6, 6.07) is 12.6. The first kappa shape index (κ1) is 16.3. The summed E-state index contributed by atoms with van der Waals surface area (Å²) < 4.78 is 15.6. The van der Waals surface area contributed by atoms with E-state index in [4.69, 9.17) is 0 Å². The maximum Gasteiger partial charge on any atom is 0.276 e. The van der Waals surface area contributed by atoms with Gasteiger partial charge in [0.25, 0.3) is 5.56 Å². The smallest absolute Gasteiger partial charge is 0.275 e. The Morgan fingerprint density at radius 2 is 1.92 bits per heavy atom. The van der Waals surface area contributed by atoms with Crippen LogP contribution in [-0.4, -0.2) is 28.8 Å². The number of rotatable bonds is 4. The second-order valence-corrected chi connectivity index (χ2v) is 7.21. The molecule has 0 saturated heterocycles. The lowest BCUT2D eigenvalue weighted by molar-refractivity contribution is 0.621. The van der Waals surface area contributed by atoms with Crippen LogP contribution in [0.2, 0.25) is 0 Å². The van der Waals surface area contributed by atoms with Crippen LogP contribution in [-0.2, 0) is 24.4 Å². The lowest BCUT2D eigenvalue weighted by Crippen LogP contribution is -2.23. The van der Waals surface area contributed by atoms with E-state index in [0.29, 0.717) is 20.7 Å². The van der Waals surface area contributed by atoms with Crippen LogP contribution in [0.5, 0.6) is 0 Å². The second-order valence-electron chi connectivity index (χ2n) is 5.78. The molecule has 0 N–H and O–H groups in total. The first-order valence-corrected chi connectivity index (χ1v) is 9.08. The Hall–Kier alpha value is -3.13. The largest absolute Gasteiger partial charge is 0.276 e. The molecule has 8 heteroatoms. The van der Waals surface area contributed by atoms with Crippen LogP contribution in [0.3, 0.4) is 0 Å². The standard InChI is InChI=1S/C18H15N5O2S/c1-22-8-7-14(21-22)12-23-18(24)16-11-19-17(9-13(16)10-20-23)26(25)15-5-3-2-4-6-15/h2-11H,12H2,1H3. The zero-order valence-corrected chi connectivity index (χ0v) is 14.8. The van der Waals surface area contributed by atoms with Gasteiger partial charge in [0.1, 0.15) is 15.8 Å². The van der Waals surface area contributed by atoms with Crippen molar-refractivity contribution < 1.29 is 4.21 Å². The van der Waals surface area contributed by atoms with Crippen molar-refractivity contribution in [1.29, 1.82) is 0 Å². The van der Waals surface area contributed by atoms with Crippen molar-refractivity contribution in [3.63, 3.8) is 0 Å². The summed E-state index contributed by atoms with van der Waals surface area (Å²) >= 11 is 0. The number of pyridine rings is 1. The van der Waals surface area contributed by atoms with Crippen molar-refractivity contribution in [3.05, 3.63) is 77.1 Å². The van der Waals surface area contributed by atoms with E-state index in [1.165, 1.54) is 10.9 Å². The summed E-state index contributed by atoms with van der Waals surface area (Å²) in [6.07, 6.45) is 4.87. The first-order valence-electron chi connectivity index (χ1n) is 7.93. The fourth-order valence-electron chi connectivity index (χ4n) is 2.64. The number of hydrogen-bond donors (Lipinski definition) is 0. The van der Waals surface area contributed by atoms with Gasteiger partial charge in [-0.25, -0.2) is 13.9 Å². The molecule has 3 aromatic heterocycles. The topological polar surface area (TPSA) is 82.7 Å². The number of hydrogen-bond acceptors (Lipinski definition) is 5. The molecule has 3 heterocycles. The number of aryl methyl sites for hydroxylation is 1. The monoisotopic (exact) mass is 365 g/mol. The number of nitrogens with zero attached hydrogens (tertiary/aromatic N) is 5. The van der Waals surface area contributed by atoms with Crippen molar-refractivity contribution in [2.24, 2.45) is 7.05 Å². The van der Waals surface area contributed by atoms with Gasteiger partial charge in [0.15, 0.2) is 0 Å². The average molecular weight is 365 g/mol. The molecule has 0 amide bonds. The molecule has 1 unspecified atom stereocenters. The van der Waals surface area contributed by atoms with E-state index in [1.54, 1.807) is 29.1 Å². The van der Waals surface area contributed by atoms with Crippen molar-refractivity contribution in [1.82, 2.24) is 24.5 Å². The van der Waals surface area contributed by atoms with Crippen LogP contribution >= 0.6 is 0 Å². The molecule has 4 aromatic rings. The molecule has 1 aromatic carbocycles. The van der Waals surface area contributed by atoms with E-state index >= 15 is 0 Å². The summed E-state index contributed by atoms with van der Waals surface area (Å²) in [5, 5.41) is 9.91. The highest BCUT2D eigenvalue weighted by Gasteiger charge is 2.12. The molecule has 4 rings (SSSR count). The molecule has 7 nitrogen and oxygen atoms in total. The van der Waals surface area contributed by atoms with Gasteiger partial charge < -0.3 is 0 Å². The second kappa shape index (κ2) is 6.64. The highest BCUT2D eigenvalue weighted by molar-refractivity contribution is 7.85. The molecular weight excluding hydrogens is 350 g/mol. The van der Waals surface area contributed by atoms with Gasteiger partial charge in [0.05, 0.1) is 23.8 Å². The zero-order valence-electron chi connectivity index (χ0n) is 13.9. The average Bonchev–Trinajstić information content (AvgIpc) is 3.09. The van der Waals surface area contributed by atoms with Crippen molar-refractivity contribution in [3.8, 4) is 0 Å². The zero-order chi connectivity index (χ0) is 18.1. The minimum atomic E-state index is -1.40. The van der Waals surface area contributed by atoms with Crippen LogP contribution in [0.4, 0.5) is 0 Å². The Morgan fingerprint density at radius 3 is 2.65 bits per heavy atom. The SMILES string of the molecule is Cn1ccc(Cn2ncc3cc(S(=O)c4ccccc4)ncc3c2=O)n1. The predicted molar refractivity (Wildman–Crippen MR) is 97.2 cm³/mol. The third-order valence-electron chi connectivity index (χ3n) is 3.94. The molecule has 0 aliphatic rings. The maximum absolute atomic E-state index is 12.6. The molecule has 0 aliphatic carbocycles. The van der Waals surface area contributed by atoms with Crippen molar-refractivity contribution in [2.45, 2.75) is 16.5 Å². The van der Waals surface area contributed by atoms with Gasteiger partial charge in [-0.2, -0.15) is 10.2 Å². The summed E-state index contributed by atoms with van der Waals surface area (Å²) in [6.45, 7) is 0.285. The Bertz CT molecular complexity index is 1170. The quantitative estimate of drug-likeness (QED) is 0.550. The van der Waals surface area contributed by atoms with Crippen LogP contribution in [0, 0.1) is 0 Å². The minimum absolute atomic E-state index is 0.252. The van der Waals surface area contributed by atoms with Gasteiger partial charge in [-0.15, -0.1) is 0 Å². The lowest BCUT2D eigenvalue weighted by Gasteiger charge is -2.06. The van der Waals surface area contributed by atoms with E-state index in [0.717, 1.165) is 5.69 Å². The van der Waals surface area contributed by atoms with Gasteiger partial charge in [-0.1, -0.05) is 18.2 Å². The predicted octanol–water partition coefficient (Wildman–Crippen LogP) is 1.74. The number of benzene rings is 1. The van der Waals surface area contributed by atoms with Crippen molar-refractivity contribution >= 4 is 21.6 Å². The number of fused-ring (bicyclic) bond motifs is 1. The molecule has 0 radical (unpaired) electrons. The van der Waals surface area contributed by atoms with E-state index < -0.39 is 10.8 Å². The van der Waals surface area contributed by atoms with Crippen LogP contribution in [0.1, 0.15) is 5.69 Å². The third-order valence-corrected chi connectivity index (χ3v) is 5.24. The Labute approximate surface area is 151 Å². The summed E-state index contributed by atoms with van der Waals surface area (Å²) in [5.41, 5.74) is 0.494. The lowest BCUT2D eigenvalue weighted by atomic mass is 10.2. The molecule has 0 saturated carbocycles. The minimum Gasteiger partial charge on any atom is -0.275 e. The van der Waals surface area contributed by atoms with Gasteiger partial charge in [-0.3, -0.25) is 9.48 Å². The van der Waals surface area contributed by atoms with E-state index in [2.05, 4.69) is 15.2 Å². The fourth-order valence-corrected chi connectivity index (χ4v) is 3.67. The molecule has 26 heavy (non-hydrogen) atoms. The molecule has 0 aliphatic heterocycles. The van der Waals surface area contributed by atoms with Crippen LogP contribution < -0.4 is 5.56 Å². The summed E-state index contributed by atoms with van der Waals surface area (Å²) in [7, 11) is 0.414. The third kappa shape index (κ3) is 3.06. The molecular formula is C18H15N5O2S. The van der Waals surface area contributed by atoms with Gasteiger partial charge in [-0.05, 0) is 24.3 Å². The van der Waals surface area contributed by atoms with Crippen molar-refractivity contribution in [2.75, 3.05) is 0 Å². The van der Waals surface area contributed by atoms with E-state index in [1.807, 2.05) is 37.5 Å². The summed E-state index contributed by atoms with van der Waals surface area (Å²) in [4.78, 5) is 17.5. The highest BCUT2D eigenvalue weighted by Crippen LogP contribution is 2.17. The number of aromatic nitrogens is 5. The van der Waals surface area contributed by atoms with E-state index in [-0.39, 0.29) is 12.1 Å². The maximum atomic E-state index is 12.6. The van der Waals surface area contributed by atoms with E-state index in [9.17, 15) is 9.00 Å². The highest BCUT2D eigenvalue weighted by atomic mass is 32.2. The Kier molecular flexibility index (Phi) is 4.18. The molecule has 1 atom stereocenters. The normalized spacial score (nSPS) is 12.3.